The first kappa shape index (κ1) is 29.1. The van der Waals surface area contributed by atoms with Crippen molar-refractivity contribution >= 4 is 11.6 Å². The minimum absolute atomic E-state index is 0.0616. The van der Waals surface area contributed by atoms with Crippen molar-refractivity contribution in [3.8, 4) is 28.3 Å². The highest BCUT2D eigenvalue weighted by molar-refractivity contribution is 6.04. The normalized spacial score (nSPS) is 16.3. The van der Waals surface area contributed by atoms with Gasteiger partial charge >= 0.3 is 6.01 Å². The van der Waals surface area contributed by atoms with Crippen LogP contribution in [0.25, 0.3) is 22.3 Å². The Labute approximate surface area is 237 Å². The molecule has 1 N–H and O–H groups in total. The summed E-state index contributed by atoms with van der Waals surface area (Å²) in [5.74, 6) is -7.10. The third kappa shape index (κ3) is 6.38. The Balaban J connectivity index is 1.48. The second-order valence-electron chi connectivity index (χ2n) is 10.0. The van der Waals surface area contributed by atoms with Crippen molar-refractivity contribution in [3.05, 3.63) is 89.8 Å². The monoisotopic (exact) mass is 584 g/mol. The Morgan fingerprint density at radius 2 is 1.67 bits per heavy atom. The van der Waals surface area contributed by atoms with Crippen molar-refractivity contribution in [2.75, 3.05) is 11.9 Å². The molecule has 3 heterocycles. The van der Waals surface area contributed by atoms with Crippen LogP contribution >= 0.6 is 0 Å². The van der Waals surface area contributed by atoms with Crippen molar-refractivity contribution in [3.63, 3.8) is 0 Å². The Bertz CT molecular complexity index is 1590. The van der Waals surface area contributed by atoms with Gasteiger partial charge in [0.05, 0.1) is 17.4 Å². The zero-order chi connectivity index (χ0) is 30.0. The number of halogens is 5. The predicted octanol–water partition coefficient (Wildman–Crippen LogP) is 7.15. The van der Waals surface area contributed by atoms with E-state index in [1.54, 1.807) is 24.3 Å². The number of nitrogens with one attached hydrogen (secondary N) is 1. The average molecular weight is 585 g/mol. The molecule has 0 saturated carbocycles. The van der Waals surface area contributed by atoms with Crippen molar-refractivity contribution in [2.45, 2.75) is 44.8 Å². The summed E-state index contributed by atoms with van der Waals surface area (Å²) in [6.07, 6.45) is 2.50. The second kappa shape index (κ2) is 11.8. The number of carbonyl (C=O) groups is 1. The van der Waals surface area contributed by atoms with E-state index in [4.69, 9.17) is 9.47 Å². The highest BCUT2D eigenvalue weighted by Gasteiger charge is 2.38. The van der Waals surface area contributed by atoms with Crippen LogP contribution < -0.4 is 10.1 Å². The highest BCUT2D eigenvalue weighted by atomic mass is 19.3. The largest absolute Gasteiger partial charge is 0.461 e. The zero-order valence-electron chi connectivity index (χ0n) is 22.5. The molecule has 218 valence electrons. The number of carbonyl (C=O) groups excluding carboxylic acids is 1. The number of hydrogen-bond donors (Lipinski definition) is 1. The molecule has 1 aliphatic rings. The van der Waals surface area contributed by atoms with Crippen LogP contribution in [-0.4, -0.2) is 39.5 Å². The summed E-state index contributed by atoms with van der Waals surface area (Å²) in [6, 6.07) is 9.08. The number of amides is 1. The van der Waals surface area contributed by atoms with Gasteiger partial charge in [0.25, 0.3) is 11.8 Å². The van der Waals surface area contributed by atoms with Gasteiger partial charge < -0.3 is 14.8 Å². The minimum atomic E-state index is -2.99. The number of nitrogens with zero attached hydrogens (tertiary/aromatic N) is 3. The van der Waals surface area contributed by atoms with Crippen LogP contribution in [0.4, 0.5) is 27.6 Å². The fraction of sp³-hybridized carbons (Fsp3) is 0.267. The van der Waals surface area contributed by atoms with Crippen LogP contribution in [0.15, 0.2) is 61.1 Å². The summed E-state index contributed by atoms with van der Waals surface area (Å²) in [7, 11) is 0. The van der Waals surface area contributed by atoms with Crippen LogP contribution in [0.2, 0.25) is 0 Å². The third-order valence-corrected chi connectivity index (χ3v) is 6.52. The topological polar surface area (TPSA) is 86.2 Å². The molecule has 0 bridgehead atoms. The van der Waals surface area contributed by atoms with E-state index in [9.17, 15) is 26.7 Å². The maximum Gasteiger partial charge on any atom is 0.316 e. The van der Waals surface area contributed by atoms with Crippen molar-refractivity contribution in [1.29, 1.82) is 0 Å². The highest BCUT2D eigenvalue weighted by Crippen LogP contribution is 2.43. The first-order valence-corrected chi connectivity index (χ1v) is 13.0. The Morgan fingerprint density at radius 3 is 2.31 bits per heavy atom. The molecule has 1 fully saturated rings. The molecular formula is C30H25F5N4O3. The van der Waals surface area contributed by atoms with E-state index in [0.717, 1.165) is 6.07 Å². The summed E-state index contributed by atoms with van der Waals surface area (Å²) in [5, 5.41) is 2.72. The van der Waals surface area contributed by atoms with Gasteiger partial charge in [0.15, 0.2) is 11.6 Å². The Morgan fingerprint density at radius 1 is 0.976 bits per heavy atom. The first-order chi connectivity index (χ1) is 20.0. The molecular weight excluding hydrogens is 559 g/mol. The van der Waals surface area contributed by atoms with E-state index in [0.29, 0.717) is 22.9 Å². The van der Waals surface area contributed by atoms with Crippen LogP contribution in [0.3, 0.4) is 0 Å². The lowest BCUT2D eigenvalue weighted by molar-refractivity contribution is -0.146. The molecule has 0 spiro atoms. The van der Waals surface area contributed by atoms with Gasteiger partial charge in [-0.3, -0.25) is 9.78 Å². The number of pyridine rings is 1. The van der Waals surface area contributed by atoms with Crippen LogP contribution in [0.1, 0.15) is 48.8 Å². The number of benzene rings is 2. The van der Waals surface area contributed by atoms with Gasteiger partial charge in [0.1, 0.15) is 18.5 Å². The minimum Gasteiger partial charge on any atom is -0.461 e. The fourth-order valence-corrected chi connectivity index (χ4v) is 4.54. The number of ether oxygens (including phenoxy) is 2. The average Bonchev–Trinajstić information content (AvgIpc) is 2.95. The standard InChI is InChI=1S/C30H25F5N4O3/c1-16(2)42-29-37-13-18(14-38-29)28(40)39-19-5-3-17(4-6-19)26-20(21-11-23(32)24(33)12-22(21)31)8-10-36-27(26)25-7-9-30(34,35)15-41-25/h3-6,8,10-14,16,25H,7,9,15H2,1-2H3,(H,39,40). The molecule has 5 rings (SSSR count). The maximum absolute atomic E-state index is 14.9. The number of rotatable bonds is 7. The number of hydrogen-bond acceptors (Lipinski definition) is 6. The van der Waals surface area contributed by atoms with Gasteiger partial charge in [-0.2, -0.15) is 0 Å². The summed E-state index contributed by atoms with van der Waals surface area (Å²) in [6.45, 7) is 2.82. The van der Waals surface area contributed by atoms with Crippen LogP contribution in [0, 0.1) is 17.5 Å². The van der Waals surface area contributed by atoms with E-state index in [-0.39, 0.29) is 40.9 Å². The Kier molecular flexibility index (Phi) is 8.17. The molecule has 1 atom stereocenters. The van der Waals surface area contributed by atoms with Crippen LogP contribution in [-0.2, 0) is 4.74 Å². The van der Waals surface area contributed by atoms with Gasteiger partial charge in [-0.15, -0.1) is 0 Å². The fourth-order valence-electron chi connectivity index (χ4n) is 4.54. The molecule has 12 heteroatoms. The van der Waals surface area contributed by atoms with E-state index in [2.05, 4.69) is 20.3 Å². The van der Waals surface area contributed by atoms with Crippen molar-refractivity contribution < 1.29 is 36.2 Å². The number of alkyl halides is 2. The molecule has 0 aliphatic carbocycles. The molecule has 1 unspecified atom stereocenters. The molecule has 0 radical (unpaired) electrons. The van der Waals surface area contributed by atoms with Crippen molar-refractivity contribution in [2.24, 2.45) is 0 Å². The van der Waals surface area contributed by atoms with Gasteiger partial charge in [0.2, 0.25) is 0 Å². The third-order valence-electron chi connectivity index (χ3n) is 6.52. The van der Waals surface area contributed by atoms with Gasteiger partial charge in [-0.05, 0) is 55.7 Å². The molecule has 7 nitrogen and oxygen atoms in total. The van der Waals surface area contributed by atoms with Gasteiger partial charge in [0, 0.05) is 47.9 Å². The summed E-state index contributed by atoms with van der Waals surface area (Å²) < 4.78 is 81.3. The predicted molar refractivity (Wildman–Crippen MR) is 144 cm³/mol. The SMILES string of the molecule is CC(C)Oc1ncc(C(=O)Nc2ccc(-c3c(-c4cc(F)c(F)cc4F)ccnc3C3CCC(F)(F)CO3)cc2)cn1. The molecule has 1 amide bonds. The Hall–Kier alpha value is -4.45. The maximum atomic E-state index is 14.9. The molecule has 1 saturated heterocycles. The van der Waals surface area contributed by atoms with Gasteiger partial charge in [-0.25, -0.2) is 31.9 Å². The zero-order valence-corrected chi connectivity index (χ0v) is 22.5. The second-order valence-corrected chi connectivity index (χ2v) is 10.0. The van der Waals surface area contributed by atoms with E-state index in [1.807, 2.05) is 13.8 Å². The smallest absolute Gasteiger partial charge is 0.316 e. The van der Waals surface area contributed by atoms with E-state index >= 15 is 0 Å². The lowest BCUT2D eigenvalue weighted by Crippen LogP contribution is -2.31. The lowest BCUT2D eigenvalue weighted by atomic mass is 9.89. The molecule has 42 heavy (non-hydrogen) atoms. The number of aromatic nitrogens is 3. The van der Waals surface area contributed by atoms with Crippen LogP contribution in [0.5, 0.6) is 6.01 Å². The molecule has 2 aromatic carbocycles. The molecule has 4 aromatic rings. The first-order valence-electron chi connectivity index (χ1n) is 13.0. The van der Waals surface area contributed by atoms with Crippen molar-refractivity contribution in [1.82, 2.24) is 15.0 Å². The molecule has 1 aliphatic heterocycles. The summed E-state index contributed by atoms with van der Waals surface area (Å²) >= 11 is 0. The van der Waals surface area contributed by atoms with E-state index in [1.165, 1.54) is 24.7 Å². The van der Waals surface area contributed by atoms with Gasteiger partial charge in [-0.1, -0.05) is 12.1 Å². The number of anilines is 1. The quantitative estimate of drug-likeness (QED) is 0.183. The lowest BCUT2D eigenvalue weighted by Gasteiger charge is -2.30. The summed E-state index contributed by atoms with van der Waals surface area (Å²) in [4.78, 5) is 25.1. The molecule has 2 aromatic heterocycles. The van der Waals surface area contributed by atoms with E-state index < -0.39 is 48.4 Å². The summed E-state index contributed by atoms with van der Waals surface area (Å²) in [5.41, 5.74) is 1.49.